The van der Waals surface area contributed by atoms with Crippen molar-refractivity contribution >= 4 is 22.4 Å². The van der Waals surface area contributed by atoms with E-state index in [1.54, 1.807) is 19.5 Å². The summed E-state index contributed by atoms with van der Waals surface area (Å²) in [7, 11) is 1.71. The van der Waals surface area contributed by atoms with Crippen molar-refractivity contribution in [3.63, 3.8) is 0 Å². The predicted octanol–water partition coefficient (Wildman–Crippen LogP) is 2.26. The van der Waals surface area contributed by atoms with E-state index in [9.17, 15) is 0 Å². The zero-order chi connectivity index (χ0) is 13.7. The van der Waals surface area contributed by atoms with E-state index in [0.717, 1.165) is 29.2 Å². The third-order valence-electron chi connectivity index (χ3n) is 2.90. The minimum absolute atomic E-state index is 0.571. The van der Waals surface area contributed by atoms with Crippen LogP contribution in [-0.2, 0) is 4.74 Å². The number of methoxy groups -OCH3 is 1. The number of nitrogen functional groups attached to an aromatic ring is 1. The Morgan fingerprint density at radius 1 is 1.37 bits per heavy atom. The first-order valence-corrected chi connectivity index (χ1v) is 6.94. The van der Waals surface area contributed by atoms with Crippen LogP contribution in [0.15, 0.2) is 24.5 Å². The Kier molecular flexibility index (Phi) is 4.70. The van der Waals surface area contributed by atoms with Crippen molar-refractivity contribution in [1.29, 1.82) is 0 Å². The van der Waals surface area contributed by atoms with E-state index in [0.29, 0.717) is 12.4 Å². The summed E-state index contributed by atoms with van der Waals surface area (Å²) in [6.07, 6.45) is 3.53. The highest BCUT2D eigenvalue weighted by Crippen LogP contribution is 2.38. The maximum absolute atomic E-state index is 6.02. The average Bonchev–Trinajstić information content (AvgIpc) is 2.83. The van der Waals surface area contributed by atoms with Gasteiger partial charge in [-0.15, -0.1) is 0 Å². The van der Waals surface area contributed by atoms with Gasteiger partial charge in [-0.25, -0.2) is 0 Å². The van der Waals surface area contributed by atoms with Gasteiger partial charge in [0.1, 0.15) is 10.8 Å². The molecule has 0 spiro atoms. The van der Waals surface area contributed by atoms with Crippen LogP contribution in [0, 0.1) is 0 Å². The molecular formula is C13H18N4OS. The van der Waals surface area contributed by atoms with Crippen molar-refractivity contribution in [2.45, 2.75) is 6.92 Å². The maximum Gasteiger partial charge on any atom is 0.147 e. The molecule has 2 rings (SSSR count). The average molecular weight is 278 g/mol. The largest absolute Gasteiger partial charge is 0.383 e. The molecule has 0 radical (unpaired) electrons. The number of hydrogen-bond donors (Lipinski definition) is 1. The Hall–Kier alpha value is -1.66. The van der Waals surface area contributed by atoms with Crippen LogP contribution in [0.4, 0.5) is 10.8 Å². The molecule has 6 heteroatoms. The van der Waals surface area contributed by atoms with Gasteiger partial charge in [-0.3, -0.25) is 4.98 Å². The molecule has 102 valence electrons. The van der Waals surface area contributed by atoms with Crippen LogP contribution in [0.2, 0.25) is 0 Å². The van der Waals surface area contributed by atoms with Crippen molar-refractivity contribution in [2.24, 2.45) is 0 Å². The lowest BCUT2D eigenvalue weighted by Gasteiger charge is -2.21. The lowest BCUT2D eigenvalue weighted by molar-refractivity contribution is 0.205. The summed E-state index contributed by atoms with van der Waals surface area (Å²) in [4.78, 5) is 6.27. The van der Waals surface area contributed by atoms with Crippen LogP contribution >= 0.6 is 11.5 Å². The molecule has 2 heterocycles. The van der Waals surface area contributed by atoms with Crippen molar-refractivity contribution < 1.29 is 4.74 Å². The van der Waals surface area contributed by atoms with Crippen LogP contribution in [0.25, 0.3) is 11.1 Å². The summed E-state index contributed by atoms with van der Waals surface area (Å²) < 4.78 is 9.44. The van der Waals surface area contributed by atoms with E-state index in [1.807, 2.05) is 12.1 Å². The van der Waals surface area contributed by atoms with Crippen LogP contribution < -0.4 is 10.6 Å². The predicted molar refractivity (Wildman–Crippen MR) is 79.5 cm³/mol. The van der Waals surface area contributed by atoms with Gasteiger partial charge in [-0.05, 0) is 36.2 Å². The lowest BCUT2D eigenvalue weighted by Crippen LogP contribution is -2.26. The second kappa shape index (κ2) is 6.49. The molecule has 0 aromatic carbocycles. The van der Waals surface area contributed by atoms with E-state index >= 15 is 0 Å². The standard InChI is InChI=1S/C13H18N4OS/c1-3-17(8-9-18-2)13-11(12(14)16-19-13)10-4-6-15-7-5-10/h4-7H,3,8-9H2,1-2H3,(H2,14,16). The van der Waals surface area contributed by atoms with Gasteiger partial charge in [0.25, 0.3) is 0 Å². The molecule has 0 amide bonds. The van der Waals surface area contributed by atoms with E-state index in [1.165, 1.54) is 11.5 Å². The Morgan fingerprint density at radius 3 is 2.74 bits per heavy atom. The first-order chi connectivity index (χ1) is 9.27. The normalized spacial score (nSPS) is 10.6. The molecule has 0 saturated carbocycles. The number of anilines is 2. The highest BCUT2D eigenvalue weighted by molar-refractivity contribution is 7.11. The van der Waals surface area contributed by atoms with Crippen molar-refractivity contribution in [3.8, 4) is 11.1 Å². The topological polar surface area (TPSA) is 64.3 Å². The minimum atomic E-state index is 0.571. The van der Waals surface area contributed by atoms with Gasteiger partial charge >= 0.3 is 0 Å². The van der Waals surface area contributed by atoms with E-state index < -0.39 is 0 Å². The fourth-order valence-corrected chi connectivity index (χ4v) is 2.83. The van der Waals surface area contributed by atoms with Gasteiger partial charge in [0.2, 0.25) is 0 Å². The Labute approximate surface area is 117 Å². The number of hydrogen-bond acceptors (Lipinski definition) is 6. The zero-order valence-electron chi connectivity index (χ0n) is 11.2. The molecule has 0 aliphatic rings. The molecule has 2 aromatic heterocycles. The third-order valence-corrected chi connectivity index (χ3v) is 3.83. The minimum Gasteiger partial charge on any atom is -0.383 e. The molecule has 0 fully saturated rings. The molecule has 19 heavy (non-hydrogen) atoms. The third kappa shape index (κ3) is 3.02. The van der Waals surface area contributed by atoms with Gasteiger partial charge < -0.3 is 15.4 Å². The molecule has 0 aliphatic carbocycles. The molecule has 2 N–H and O–H groups in total. The first kappa shape index (κ1) is 13.8. The number of nitrogens with zero attached hydrogens (tertiary/aromatic N) is 3. The van der Waals surface area contributed by atoms with Crippen LogP contribution in [0.3, 0.4) is 0 Å². The molecule has 0 aliphatic heterocycles. The Morgan fingerprint density at radius 2 is 2.11 bits per heavy atom. The number of ether oxygens (including phenoxy) is 1. The van der Waals surface area contributed by atoms with Crippen LogP contribution in [0.5, 0.6) is 0 Å². The van der Waals surface area contributed by atoms with Crippen molar-refractivity contribution in [2.75, 3.05) is 37.4 Å². The molecule has 0 saturated heterocycles. The number of aromatic nitrogens is 2. The monoisotopic (exact) mass is 278 g/mol. The van der Waals surface area contributed by atoms with E-state index in [-0.39, 0.29) is 0 Å². The molecule has 2 aromatic rings. The molecule has 0 atom stereocenters. The smallest absolute Gasteiger partial charge is 0.147 e. The summed E-state index contributed by atoms with van der Waals surface area (Å²) >= 11 is 1.43. The first-order valence-electron chi connectivity index (χ1n) is 6.17. The molecular weight excluding hydrogens is 260 g/mol. The van der Waals surface area contributed by atoms with Gasteiger partial charge in [0.15, 0.2) is 0 Å². The lowest BCUT2D eigenvalue weighted by atomic mass is 10.1. The van der Waals surface area contributed by atoms with Crippen molar-refractivity contribution in [3.05, 3.63) is 24.5 Å². The molecule has 0 bridgehead atoms. The van der Waals surface area contributed by atoms with Crippen LogP contribution in [0.1, 0.15) is 6.92 Å². The van der Waals surface area contributed by atoms with Gasteiger partial charge in [0.05, 0.1) is 12.2 Å². The number of likely N-dealkylation sites (N-methyl/N-ethyl adjacent to an activating group) is 1. The summed E-state index contributed by atoms with van der Waals surface area (Å²) in [6, 6.07) is 3.90. The quantitative estimate of drug-likeness (QED) is 0.878. The summed E-state index contributed by atoms with van der Waals surface area (Å²) in [5.74, 6) is 0.571. The van der Waals surface area contributed by atoms with Crippen molar-refractivity contribution in [1.82, 2.24) is 9.36 Å². The highest BCUT2D eigenvalue weighted by Gasteiger charge is 2.18. The van der Waals surface area contributed by atoms with E-state index in [2.05, 4.69) is 21.2 Å². The number of rotatable bonds is 6. The maximum atomic E-state index is 6.02. The highest BCUT2D eigenvalue weighted by atomic mass is 32.1. The second-order valence-electron chi connectivity index (χ2n) is 4.06. The SMILES string of the molecule is CCN(CCOC)c1snc(N)c1-c1ccncc1. The summed E-state index contributed by atoms with van der Waals surface area (Å²) in [6.45, 7) is 4.51. The Balaban J connectivity index is 2.36. The fourth-order valence-electron chi connectivity index (χ4n) is 1.90. The summed E-state index contributed by atoms with van der Waals surface area (Å²) in [5, 5.41) is 1.09. The van der Waals surface area contributed by atoms with Crippen LogP contribution in [-0.4, -0.2) is 36.2 Å². The fraction of sp³-hybridized carbons (Fsp3) is 0.385. The summed E-state index contributed by atoms with van der Waals surface area (Å²) in [5.41, 5.74) is 8.05. The van der Waals surface area contributed by atoms with Gasteiger partial charge in [-0.2, -0.15) is 4.37 Å². The number of pyridine rings is 1. The Bertz CT molecular complexity index is 515. The number of nitrogens with two attached hydrogens (primary N) is 1. The molecule has 0 unspecified atom stereocenters. The van der Waals surface area contributed by atoms with E-state index in [4.69, 9.17) is 10.5 Å². The zero-order valence-corrected chi connectivity index (χ0v) is 12.0. The van der Waals surface area contributed by atoms with Gasteiger partial charge in [0, 0.05) is 32.6 Å². The second-order valence-corrected chi connectivity index (χ2v) is 4.81. The molecule has 5 nitrogen and oxygen atoms in total. The van der Waals surface area contributed by atoms with Gasteiger partial charge in [-0.1, -0.05) is 0 Å².